The molecule has 2 aromatic rings. The quantitative estimate of drug-likeness (QED) is 0.781. The second kappa shape index (κ2) is 7.16. The van der Waals surface area contributed by atoms with Crippen molar-refractivity contribution in [2.24, 2.45) is 0 Å². The standard InChI is InChI=1S/C15H14IN3O2/c1-10-6-7-17-13(8-10)19-14(20)9-18-15(21)11-4-2-3-5-12(11)16/h2-8H,9H2,1H3,(H,18,21)(H,17,19,20). The number of hydrogen-bond acceptors (Lipinski definition) is 3. The van der Waals surface area contributed by atoms with Gasteiger partial charge < -0.3 is 10.6 Å². The minimum absolute atomic E-state index is 0.0978. The lowest BCUT2D eigenvalue weighted by Crippen LogP contribution is -2.33. The molecule has 0 saturated heterocycles. The monoisotopic (exact) mass is 395 g/mol. The molecular formula is C15H14IN3O2. The van der Waals surface area contributed by atoms with E-state index in [1.807, 2.05) is 25.1 Å². The zero-order valence-electron chi connectivity index (χ0n) is 11.4. The first-order valence-corrected chi connectivity index (χ1v) is 7.39. The first-order valence-electron chi connectivity index (χ1n) is 6.31. The number of anilines is 1. The van der Waals surface area contributed by atoms with Crippen LogP contribution in [0.4, 0.5) is 5.82 Å². The van der Waals surface area contributed by atoms with Crippen molar-refractivity contribution < 1.29 is 9.59 Å². The number of nitrogens with one attached hydrogen (secondary N) is 2. The fourth-order valence-corrected chi connectivity index (χ4v) is 2.33. The summed E-state index contributed by atoms with van der Waals surface area (Å²) in [6, 6.07) is 10.8. The molecule has 1 aromatic carbocycles. The van der Waals surface area contributed by atoms with Crippen LogP contribution >= 0.6 is 22.6 Å². The number of aryl methyl sites for hydroxylation is 1. The van der Waals surface area contributed by atoms with Crippen LogP contribution in [0.3, 0.4) is 0 Å². The van der Waals surface area contributed by atoms with E-state index in [2.05, 4.69) is 38.2 Å². The molecule has 1 aromatic heterocycles. The molecule has 0 atom stereocenters. The first-order chi connectivity index (χ1) is 10.1. The van der Waals surface area contributed by atoms with Crippen LogP contribution < -0.4 is 10.6 Å². The van der Waals surface area contributed by atoms with Gasteiger partial charge in [-0.05, 0) is 59.3 Å². The number of carbonyl (C=O) groups excluding carboxylic acids is 2. The zero-order chi connectivity index (χ0) is 15.2. The van der Waals surface area contributed by atoms with Gasteiger partial charge in [0.25, 0.3) is 5.91 Å². The molecule has 0 spiro atoms. The average molecular weight is 395 g/mol. The Labute approximate surface area is 136 Å². The van der Waals surface area contributed by atoms with Crippen LogP contribution in [0.5, 0.6) is 0 Å². The summed E-state index contributed by atoms with van der Waals surface area (Å²) in [6.45, 7) is 1.82. The van der Waals surface area contributed by atoms with Gasteiger partial charge in [0.15, 0.2) is 0 Å². The Morgan fingerprint density at radius 3 is 2.71 bits per heavy atom. The Bertz CT molecular complexity index is 673. The maximum atomic E-state index is 12.0. The van der Waals surface area contributed by atoms with Crippen molar-refractivity contribution in [3.8, 4) is 0 Å². The number of benzene rings is 1. The fourth-order valence-electron chi connectivity index (χ4n) is 1.69. The SMILES string of the molecule is Cc1ccnc(NC(=O)CNC(=O)c2ccccc2I)c1. The van der Waals surface area contributed by atoms with Crippen LogP contribution in [-0.2, 0) is 4.79 Å². The van der Waals surface area contributed by atoms with E-state index in [1.54, 1.807) is 24.4 Å². The maximum Gasteiger partial charge on any atom is 0.252 e. The summed E-state index contributed by atoms with van der Waals surface area (Å²) in [4.78, 5) is 27.8. The van der Waals surface area contributed by atoms with Gasteiger partial charge in [-0.25, -0.2) is 4.98 Å². The van der Waals surface area contributed by atoms with Crippen LogP contribution in [-0.4, -0.2) is 23.3 Å². The van der Waals surface area contributed by atoms with Gasteiger partial charge in [0.2, 0.25) is 5.91 Å². The van der Waals surface area contributed by atoms with Crippen molar-refractivity contribution >= 4 is 40.2 Å². The van der Waals surface area contributed by atoms with Crippen LogP contribution in [0.15, 0.2) is 42.6 Å². The van der Waals surface area contributed by atoms with E-state index in [0.29, 0.717) is 11.4 Å². The molecule has 0 radical (unpaired) electrons. The minimum Gasteiger partial charge on any atom is -0.343 e. The maximum absolute atomic E-state index is 12.0. The number of amides is 2. The number of rotatable bonds is 4. The highest BCUT2D eigenvalue weighted by atomic mass is 127. The van der Waals surface area contributed by atoms with Gasteiger partial charge in [0, 0.05) is 9.77 Å². The molecule has 21 heavy (non-hydrogen) atoms. The zero-order valence-corrected chi connectivity index (χ0v) is 13.5. The Hall–Kier alpha value is -1.96. The normalized spacial score (nSPS) is 10.0. The van der Waals surface area contributed by atoms with Gasteiger partial charge in [0.05, 0.1) is 12.1 Å². The fraction of sp³-hybridized carbons (Fsp3) is 0.133. The van der Waals surface area contributed by atoms with Crippen molar-refractivity contribution in [2.75, 3.05) is 11.9 Å². The number of halogens is 1. The summed E-state index contributed by atoms with van der Waals surface area (Å²) in [5.74, 6) is -0.108. The summed E-state index contributed by atoms with van der Waals surface area (Å²) >= 11 is 2.08. The van der Waals surface area contributed by atoms with Gasteiger partial charge in [-0.15, -0.1) is 0 Å². The number of aromatic nitrogens is 1. The van der Waals surface area contributed by atoms with Crippen LogP contribution in [0.1, 0.15) is 15.9 Å². The number of hydrogen-bond donors (Lipinski definition) is 2. The van der Waals surface area contributed by atoms with Crippen molar-refractivity contribution in [1.29, 1.82) is 0 Å². The predicted octanol–water partition coefficient (Wildman–Crippen LogP) is 2.36. The van der Waals surface area contributed by atoms with E-state index in [1.165, 1.54) is 0 Å². The number of carbonyl (C=O) groups is 2. The molecule has 1 heterocycles. The molecule has 6 heteroatoms. The topological polar surface area (TPSA) is 71.1 Å². The second-order valence-electron chi connectivity index (χ2n) is 4.43. The summed E-state index contributed by atoms with van der Waals surface area (Å²) in [5.41, 5.74) is 1.56. The number of nitrogens with zero attached hydrogens (tertiary/aromatic N) is 1. The highest BCUT2D eigenvalue weighted by molar-refractivity contribution is 14.1. The Morgan fingerprint density at radius 1 is 1.24 bits per heavy atom. The molecule has 0 aliphatic heterocycles. The van der Waals surface area contributed by atoms with Crippen molar-refractivity contribution in [2.45, 2.75) is 6.92 Å². The smallest absolute Gasteiger partial charge is 0.252 e. The van der Waals surface area contributed by atoms with Crippen molar-refractivity contribution in [3.63, 3.8) is 0 Å². The second-order valence-corrected chi connectivity index (χ2v) is 5.59. The largest absolute Gasteiger partial charge is 0.343 e. The summed E-state index contributed by atoms with van der Waals surface area (Å²) in [7, 11) is 0. The lowest BCUT2D eigenvalue weighted by molar-refractivity contribution is -0.115. The van der Waals surface area contributed by atoms with E-state index < -0.39 is 0 Å². The molecule has 5 nitrogen and oxygen atoms in total. The van der Waals surface area contributed by atoms with Gasteiger partial charge >= 0.3 is 0 Å². The minimum atomic E-state index is -0.313. The summed E-state index contributed by atoms with van der Waals surface area (Å²) < 4.78 is 0.841. The molecule has 0 saturated carbocycles. The molecule has 0 bridgehead atoms. The van der Waals surface area contributed by atoms with Crippen LogP contribution in [0.25, 0.3) is 0 Å². The average Bonchev–Trinajstić information content (AvgIpc) is 2.45. The Kier molecular flexibility index (Phi) is 5.26. The van der Waals surface area contributed by atoms with E-state index >= 15 is 0 Å². The molecule has 2 amide bonds. The third-order valence-electron chi connectivity index (χ3n) is 2.71. The van der Waals surface area contributed by atoms with E-state index in [4.69, 9.17) is 0 Å². The van der Waals surface area contributed by atoms with E-state index in [-0.39, 0.29) is 18.4 Å². The van der Waals surface area contributed by atoms with Crippen molar-refractivity contribution in [1.82, 2.24) is 10.3 Å². The van der Waals surface area contributed by atoms with E-state index in [0.717, 1.165) is 9.13 Å². The van der Waals surface area contributed by atoms with Gasteiger partial charge in [-0.1, -0.05) is 12.1 Å². The molecule has 0 aliphatic carbocycles. The molecule has 0 unspecified atom stereocenters. The number of pyridine rings is 1. The summed E-state index contributed by atoms with van der Waals surface area (Å²) in [5, 5.41) is 5.23. The molecule has 2 rings (SSSR count). The van der Waals surface area contributed by atoms with E-state index in [9.17, 15) is 9.59 Å². The van der Waals surface area contributed by atoms with Crippen molar-refractivity contribution in [3.05, 3.63) is 57.3 Å². The summed E-state index contributed by atoms with van der Waals surface area (Å²) in [6.07, 6.45) is 1.62. The molecule has 0 fully saturated rings. The Morgan fingerprint density at radius 2 is 2.00 bits per heavy atom. The highest BCUT2D eigenvalue weighted by Crippen LogP contribution is 2.11. The lowest BCUT2D eigenvalue weighted by atomic mass is 10.2. The molecule has 0 aliphatic rings. The third-order valence-corrected chi connectivity index (χ3v) is 3.65. The van der Waals surface area contributed by atoms with Crippen LogP contribution in [0, 0.1) is 10.5 Å². The van der Waals surface area contributed by atoms with Crippen LogP contribution in [0.2, 0.25) is 0 Å². The molecule has 108 valence electrons. The van der Waals surface area contributed by atoms with Gasteiger partial charge in [-0.3, -0.25) is 9.59 Å². The van der Waals surface area contributed by atoms with Gasteiger partial charge in [-0.2, -0.15) is 0 Å². The predicted molar refractivity (Wildman–Crippen MR) is 89.1 cm³/mol. The molecular weight excluding hydrogens is 381 g/mol. The highest BCUT2D eigenvalue weighted by Gasteiger charge is 2.11. The molecule has 2 N–H and O–H groups in total. The first kappa shape index (κ1) is 15.4. The lowest BCUT2D eigenvalue weighted by Gasteiger charge is -2.07. The van der Waals surface area contributed by atoms with Gasteiger partial charge in [0.1, 0.15) is 5.82 Å². The Balaban J connectivity index is 1.90. The third kappa shape index (κ3) is 4.52.